The molecule has 1 aromatic rings. The molecule has 0 aliphatic heterocycles. The van der Waals surface area contributed by atoms with Crippen molar-refractivity contribution in [1.29, 1.82) is 0 Å². The maximum absolute atomic E-state index is 11.2. The van der Waals surface area contributed by atoms with E-state index in [9.17, 15) is 4.79 Å². The van der Waals surface area contributed by atoms with Crippen molar-refractivity contribution < 1.29 is 9.53 Å². The van der Waals surface area contributed by atoms with E-state index in [4.69, 9.17) is 4.74 Å². The summed E-state index contributed by atoms with van der Waals surface area (Å²) in [5.41, 5.74) is 0. The average Bonchev–Trinajstić information content (AvgIpc) is 2.25. The Morgan fingerprint density at radius 1 is 1.31 bits per heavy atom. The molecule has 0 unspecified atom stereocenters. The van der Waals surface area contributed by atoms with Gasteiger partial charge in [0.25, 0.3) is 0 Å². The normalized spacial score (nSPS) is 9.94. The van der Waals surface area contributed by atoms with Gasteiger partial charge in [-0.2, -0.15) is 0 Å². The van der Waals surface area contributed by atoms with Crippen LogP contribution in [0.1, 0.15) is 13.8 Å². The monoisotopic (exact) mass is 222 g/mol. The zero-order valence-corrected chi connectivity index (χ0v) is 9.69. The van der Waals surface area contributed by atoms with Crippen molar-refractivity contribution >= 4 is 6.03 Å². The predicted molar refractivity (Wildman–Crippen MR) is 63.6 cm³/mol. The zero-order valence-electron chi connectivity index (χ0n) is 9.69. The summed E-state index contributed by atoms with van der Waals surface area (Å²) in [6, 6.07) is 9.51. The van der Waals surface area contributed by atoms with Crippen LogP contribution in [-0.2, 0) is 0 Å². The first kappa shape index (κ1) is 12.4. The van der Waals surface area contributed by atoms with Crippen LogP contribution in [0.15, 0.2) is 30.3 Å². The van der Waals surface area contributed by atoms with Crippen molar-refractivity contribution in [2.45, 2.75) is 19.9 Å². The minimum Gasteiger partial charge on any atom is -0.492 e. The van der Waals surface area contributed by atoms with Crippen LogP contribution in [0.25, 0.3) is 0 Å². The number of para-hydroxylation sites is 1. The number of benzene rings is 1. The molecule has 1 rings (SSSR count). The SMILES string of the molecule is CC(C)NC(=O)NCCOc1ccccc1. The Hall–Kier alpha value is -1.71. The summed E-state index contributed by atoms with van der Waals surface area (Å²) in [5.74, 6) is 0.813. The third-order valence-electron chi connectivity index (χ3n) is 1.82. The summed E-state index contributed by atoms with van der Waals surface area (Å²) >= 11 is 0. The fourth-order valence-corrected chi connectivity index (χ4v) is 1.16. The third-order valence-corrected chi connectivity index (χ3v) is 1.82. The fourth-order valence-electron chi connectivity index (χ4n) is 1.16. The number of nitrogens with one attached hydrogen (secondary N) is 2. The molecule has 16 heavy (non-hydrogen) atoms. The Bertz CT molecular complexity index is 312. The van der Waals surface area contributed by atoms with E-state index in [0.717, 1.165) is 5.75 Å². The third kappa shape index (κ3) is 5.24. The van der Waals surface area contributed by atoms with Gasteiger partial charge < -0.3 is 15.4 Å². The highest BCUT2D eigenvalue weighted by Crippen LogP contribution is 2.07. The molecule has 1 aromatic carbocycles. The lowest BCUT2D eigenvalue weighted by Crippen LogP contribution is -2.41. The largest absolute Gasteiger partial charge is 0.492 e. The highest BCUT2D eigenvalue weighted by atomic mass is 16.5. The van der Waals surface area contributed by atoms with Crippen molar-refractivity contribution in [2.24, 2.45) is 0 Å². The van der Waals surface area contributed by atoms with Crippen molar-refractivity contribution in [2.75, 3.05) is 13.2 Å². The molecule has 4 nitrogen and oxygen atoms in total. The van der Waals surface area contributed by atoms with Crippen molar-refractivity contribution in [3.05, 3.63) is 30.3 Å². The Labute approximate surface area is 96.0 Å². The van der Waals surface area contributed by atoms with E-state index in [0.29, 0.717) is 13.2 Å². The molecule has 0 aliphatic rings. The first-order chi connectivity index (χ1) is 7.68. The first-order valence-electron chi connectivity index (χ1n) is 5.40. The summed E-state index contributed by atoms with van der Waals surface area (Å²) < 4.78 is 5.42. The second kappa shape index (κ2) is 6.71. The quantitative estimate of drug-likeness (QED) is 0.746. The van der Waals surface area contributed by atoms with Crippen LogP contribution in [0.4, 0.5) is 4.79 Å². The second-order valence-corrected chi connectivity index (χ2v) is 3.72. The molecule has 0 fully saturated rings. The standard InChI is InChI=1S/C12H18N2O2/c1-10(2)14-12(15)13-8-9-16-11-6-4-3-5-7-11/h3-7,10H,8-9H2,1-2H3,(H2,13,14,15). The van der Waals surface area contributed by atoms with E-state index in [-0.39, 0.29) is 12.1 Å². The molecule has 0 aliphatic carbocycles. The maximum Gasteiger partial charge on any atom is 0.315 e. The summed E-state index contributed by atoms with van der Waals surface area (Å²) in [6.45, 7) is 4.79. The average molecular weight is 222 g/mol. The maximum atomic E-state index is 11.2. The lowest BCUT2D eigenvalue weighted by Gasteiger charge is -2.10. The van der Waals surface area contributed by atoms with E-state index in [2.05, 4.69) is 10.6 Å². The topological polar surface area (TPSA) is 50.4 Å². The molecule has 0 saturated carbocycles. The smallest absolute Gasteiger partial charge is 0.315 e. The molecule has 0 heterocycles. The van der Waals surface area contributed by atoms with E-state index in [1.54, 1.807) is 0 Å². The Morgan fingerprint density at radius 3 is 2.62 bits per heavy atom. The van der Waals surface area contributed by atoms with Gasteiger partial charge in [-0.3, -0.25) is 0 Å². The number of carbonyl (C=O) groups excluding carboxylic acids is 1. The minimum absolute atomic E-state index is 0.148. The molecule has 4 heteroatoms. The molecule has 0 bridgehead atoms. The van der Waals surface area contributed by atoms with Crippen molar-refractivity contribution in [3.63, 3.8) is 0 Å². The van der Waals surface area contributed by atoms with E-state index in [1.165, 1.54) is 0 Å². The van der Waals surface area contributed by atoms with Gasteiger partial charge in [0.15, 0.2) is 0 Å². The predicted octanol–water partition coefficient (Wildman–Crippen LogP) is 1.77. The number of ether oxygens (including phenoxy) is 1. The summed E-state index contributed by atoms with van der Waals surface area (Å²) in [4.78, 5) is 11.2. The van der Waals surface area contributed by atoms with Gasteiger partial charge in [0.1, 0.15) is 12.4 Å². The number of carbonyl (C=O) groups is 1. The van der Waals surface area contributed by atoms with Crippen LogP contribution in [0.3, 0.4) is 0 Å². The highest BCUT2D eigenvalue weighted by molar-refractivity contribution is 5.74. The molecule has 0 spiro atoms. The molecule has 0 radical (unpaired) electrons. The molecular weight excluding hydrogens is 204 g/mol. The second-order valence-electron chi connectivity index (χ2n) is 3.72. The van der Waals surface area contributed by atoms with Crippen molar-refractivity contribution in [3.8, 4) is 5.75 Å². The van der Waals surface area contributed by atoms with Crippen LogP contribution >= 0.6 is 0 Å². The first-order valence-corrected chi connectivity index (χ1v) is 5.40. The van der Waals surface area contributed by atoms with Gasteiger partial charge in [0.2, 0.25) is 0 Å². The number of hydrogen-bond acceptors (Lipinski definition) is 2. The molecule has 0 atom stereocenters. The highest BCUT2D eigenvalue weighted by Gasteiger charge is 2.00. The lowest BCUT2D eigenvalue weighted by atomic mass is 10.3. The number of hydrogen-bond donors (Lipinski definition) is 2. The van der Waals surface area contributed by atoms with E-state index in [1.807, 2.05) is 44.2 Å². The number of amides is 2. The fraction of sp³-hybridized carbons (Fsp3) is 0.417. The van der Waals surface area contributed by atoms with Gasteiger partial charge in [-0.15, -0.1) is 0 Å². The number of urea groups is 1. The van der Waals surface area contributed by atoms with Crippen LogP contribution in [-0.4, -0.2) is 25.2 Å². The van der Waals surface area contributed by atoms with Gasteiger partial charge >= 0.3 is 6.03 Å². The van der Waals surface area contributed by atoms with Gasteiger partial charge in [-0.05, 0) is 26.0 Å². The zero-order chi connectivity index (χ0) is 11.8. The minimum atomic E-state index is -0.160. The van der Waals surface area contributed by atoms with Gasteiger partial charge in [0.05, 0.1) is 6.54 Å². The Morgan fingerprint density at radius 2 is 2.00 bits per heavy atom. The molecule has 0 aromatic heterocycles. The van der Waals surface area contributed by atoms with Crippen LogP contribution in [0, 0.1) is 0 Å². The van der Waals surface area contributed by atoms with E-state index >= 15 is 0 Å². The van der Waals surface area contributed by atoms with Crippen LogP contribution < -0.4 is 15.4 Å². The summed E-state index contributed by atoms with van der Waals surface area (Å²) in [7, 11) is 0. The van der Waals surface area contributed by atoms with Crippen LogP contribution in [0.5, 0.6) is 5.75 Å². The Kier molecular flexibility index (Phi) is 5.19. The lowest BCUT2D eigenvalue weighted by molar-refractivity contribution is 0.234. The molecule has 2 amide bonds. The summed E-state index contributed by atoms with van der Waals surface area (Å²) in [5, 5.41) is 5.45. The molecule has 0 saturated heterocycles. The van der Waals surface area contributed by atoms with Gasteiger partial charge in [-0.1, -0.05) is 18.2 Å². The van der Waals surface area contributed by atoms with Gasteiger partial charge in [-0.25, -0.2) is 4.79 Å². The molecular formula is C12H18N2O2. The molecule has 88 valence electrons. The summed E-state index contributed by atoms with van der Waals surface area (Å²) in [6.07, 6.45) is 0. The molecule has 2 N–H and O–H groups in total. The Balaban J connectivity index is 2.10. The van der Waals surface area contributed by atoms with E-state index < -0.39 is 0 Å². The van der Waals surface area contributed by atoms with Crippen LogP contribution in [0.2, 0.25) is 0 Å². The van der Waals surface area contributed by atoms with Gasteiger partial charge in [0, 0.05) is 6.04 Å². The van der Waals surface area contributed by atoms with Crippen molar-refractivity contribution in [1.82, 2.24) is 10.6 Å². The number of rotatable bonds is 5.